The Balaban J connectivity index is 2.38. The number of hydrogen-bond acceptors (Lipinski definition) is 6. The summed E-state index contributed by atoms with van der Waals surface area (Å²) in [4.78, 5) is 28.0. The number of amides is 1. The van der Waals surface area contributed by atoms with Crippen LogP contribution >= 0.6 is 11.8 Å². The molecule has 0 bridgehead atoms. The van der Waals surface area contributed by atoms with E-state index in [4.69, 9.17) is 4.84 Å². The molecule has 1 fully saturated rings. The molecule has 1 amide bonds. The normalized spacial score (nSPS) is 29.4. The van der Waals surface area contributed by atoms with E-state index in [-0.39, 0.29) is 22.8 Å². The van der Waals surface area contributed by atoms with Gasteiger partial charge in [0.25, 0.3) is 0 Å². The minimum absolute atomic E-state index is 0.0146. The van der Waals surface area contributed by atoms with Crippen molar-refractivity contribution in [2.75, 3.05) is 13.2 Å². The lowest BCUT2D eigenvalue weighted by molar-refractivity contribution is -0.124. The maximum atomic E-state index is 11.8. The van der Waals surface area contributed by atoms with Gasteiger partial charge in [0.2, 0.25) is 5.91 Å². The third kappa shape index (κ3) is 5.78. The first-order chi connectivity index (χ1) is 9.36. The van der Waals surface area contributed by atoms with Crippen molar-refractivity contribution in [2.45, 2.75) is 56.9 Å². The number of carbonyl (C=O) groups excluding carboxylic acids is 2. The van der Waals surface area contributed by atoms with Crippen LogP contribution < -0.4 is 10.8 Å². The van der Waals surface area contributed by atoms with Crippen LogP contribution in [0.2, 0.25) is 0 Å². The standard InChI is InChI=1S/C13H24N2O4S/c1-4-5-19-14-8-12(18)15-13(3)6-10(17)11(7-13)20-9(2)16/h10-11,14,17H,4-8H2,1-3H3,(H,15,18). The van der Waals surface area contributed by atoms with Crippen LogP contribution in [0.4, 0.5) is 0 Å². The fourth-order valence-electron chi connectivity index (χ4n) is 2.36. The zero-order valence-electron chi connectivity index (χ0n) is 12.3. The molecule has 3 atom stereocenters. The predicted molar refractivity (Wildman–Crippen MR) is 78.1 cm³/mol. The topological polar surface area (TPSA) is 87.7 Å². The second-order valence-electron chi connectivity index (χ2n) is 5.40. The maximum absolute atomic E-state index is 11.8. The van der Waals surface area contributed by atoms with Crippen molar-refractivity contribution in [1.29, 1.82) is 0 Å². The molecule has 1 saturated carbocycles. The molecule has 1 rings (SSSR count). The molecular formula is C13H24N2O4S. The molecule has 0 radical (unpaired) electrons. The van der Waals surface area contributed by atoms with Gasteiger partial charge < -0.3 is 15.3 Å². The zero-order valence-corrected chi connectivity index (χ0v) is 13.1. The lowest BCUT2D eigenvalue weighted by Gasteiger charge is -2.25. The number of thioether (sulfide) groups is 1. The highest BCUT2D eigenvalue weighted by molar-refractivity contribution is 8.14. The number of carbonyl (C=O) groups is 2. The Morgan fingerprint density at radius 2 is 2.15 bits per heavy atom. The minimum Gasteiger partial charge on any atom is -0.392 e. The molecule has 20 heavy (non-hydrogen) atoms. The van der Waals surface area contributed by atoms with E-state index in [2.05, 4.69) is 10.8 Å². The van der Waals surface area contributed by atoms with E-state index in [1.807, 2.05) is 13.8 Å². The molecule has 0 aromatic carbocycles. The highest BCUT2D eigenvalue weighted by atomic mass is 32.2. The van der Waals surface area contributed by atoms with Gasteiger partial charge in [-0.2, -0.15) is 5.48 Å². The van der Waals surface area contributed by atoms with Crippen molar-refractivity contribution >= 4 is 22.8 Å². The average molecular weight is 304 g/mol. The fourth-order valence-corrected chi connectivity index (χ4v) is 3.49. The summed E-state index contributed by atoms with van der Waals surface area (Å²) in [5, 5.41) is 12.7. The van der Waals surface area contributed by atoms with Gasteiger partial charge in [-0.05, 0) is 26.2 Å². The van der Waals surface area contributed by atoms with Gasteiger partial charge in [0.05, 0.1) is 19.3 Å². The van der Waals surface area contributed by atoms with E-state index in [0.717, 1.165) is 18.2 Å². The van der Waals surface area contributed by atoms with Crippen molar-refractivity contribution in [3.8, 4) is 0 Å². The Morgan fingerprint density at radius 1 is 1.45 bits per heavy atom. The number of hydrogen-bond donors (Lipinski definition) is 3. The number of aliphatic hydroxyl groups is 1. The van der Waals surface area contributed by atoms with Gasteiger partial charge in [0.15, 0.2) is 5.12 Å². The van der Waals surface area contributed by atoms with Crippen LogP contribution in [-0.4, -0.2) is 46.2 Å². The number of aliphatic hydroxyl groups excluding tert-OH is 1. The van der Waals surface area contributed by atoms with Crippen molar-refractivity contribution < 1.29 is 19.5 Å². The van der Waals surface area contributed by atoms with Gasteiger partial charge in [-0.3, -0.25) is 9.59 Å². The molecule has 6 nitrogen and oxygen atoms in total. The summed E-state index contributed by atoms with van der Waals surface area (Å²) in [7, 11) is 0. The molecule has 1 aliphatic carbocycles. The summed E-state index contributed by atoms with van der Waals surface area (Å²) in [5.74, 6) is -0.177. The monoisotopic (exact) mass is 304 g/mol. The molecular weight excluding hydrogens is 280 g/mol. The highest BCUT2D eigenvalue weighted by Gasteiger charge is 2.43. The molecule has 0 aromatic heterocycles. The molecule has 7 heteroatoms. The van der Waals surface area contributed by atoms with Crippen LogP contribution in [0.25, 0.3) is 0 Å². The van der Waals surface area contributed by atoms with Crippen molar-refractivity contribution in [3.05, 3.63) is 0 Å². The smallest absolute Gasteiger partial charge is 0.236 e. The van der Waals surface area contributed by atoms with Crippen molar-refractivity contribution in [3.63, 3.8) is 0 Å². The molecule has 0 spiro atoms. The summed E-state index contributed by atoms with van der Waals surface area (Å²) >= 11 is 1.14. The molecule has 1 aliphatic rings. The summed E-state index contributed by atoms with van der Waals surface area (Å²) in [6, 6.07) is 0. The van der Waals surface area contributed by atoms with Crippen LogP contribution in [-0.2, 0) is 14.4 Å². The van der Waals surface area contributed by atoms with Gasteiger partial charge in [0.1, 0.15) is 0 Å². The first-order valence-electron chi connectivity index (χ1n) is 6.87. The summed E-state index contributed by atoms with van der Waals surface area (Å²) < 4.78 is 0. The minimum atomic E-state index is -0.571. The van der Waals surface area contributed by atoms with Crippen LogP contribution in [0.5, 0.6) is 0 Å². The van der Waals surface area contributed by atoms with Gasteiger partial charge in [-0.1, -0.05) is 18.7 Å². The molecule has 116 valence electrons. The van der Waals surface area contributed by atoms with E-state index in [1.54, 1.807) is 0 Å². The lowest BCUT2D eigenvalue weighted by Crippen LogP contribution is -2.47. The quantitative estimate of drug-likeness (QED) is 0.471. The molecule has 0 aliphatic heterocycles. The molecule has 0 aromatic rings. The second-order valence-corrected chi connectivity index (χ2v) is 6.82. The number of rotatable bonds is 7. The van der Waals surface area contributed by atoms with Crippen molar-refractivity contribution in [1.82, 2.24) is 10.8 Å². The summed E-state index contributed by atoms with van der Waals surface area (Å²) in [6.45, 7) is 5.99. The van der Waals surface area contributed by atoms with Crippen LogP contribution in [0, 0.1) is 0 Å². The molecule has 3 unspecified atom stereocenters. The largest absolute Gasteiger partial charge is 0.392 e. The molecule has 0 heterocycles. The number of hydroxylamine groups is 1. The Labute approximate surface area is 124 Å². The van der Waals surface area contributed by atoms with Crippen molar-refractivity contribution in [2.24, 2.45) is 0 Å². The van der Waals surface area contributed by atoms with Gasteiger partial charge in [0, 0.05) is 17.7 Å². The van der Waals surface area contributed by atoms with E-state index >= 15 is 0 Å². The van der Waals surface area contributed by atoms with Gasteiger partial charge in [-0.15, -0.1) is 0 Å². The zero-order chi connectivity index (χ0) is 15.2. The molecule has 3 N–H and O–H groups in total. The van der Waals surface area contributed by atoms with E-state index < -0.39 is 11.6 Å². The third-order valence-electron chi connectivity index (χ3n) is 3.14. The van der Waals surface area contributed by atoms with Crippen LogP contribution in [0.15, 0.2) is 0 Å². The second kappa shape index (κ2) is 7.97. The first kappa shape index (κ1) is 17.4. The number of nitrogens with one attached hydrogen (secondary N) is 2. The highest BCUT2D eigenvalue weighted by Crippen LogP contribution is 2.37. The Morgan fingerprint density at radius 3 is 2.75 bits per heavy atom. The van der Waals surface area contributed by atoms with E-state index in [1.165, 1.54) is 6.92 Å². The summed E-state index contributed by atoms with van der Waals surface area (Å²) in [5.41, 5.74) is 2.12. The van der Waals surface area contributed by atoms with Gasteiger partial charge in [-0.25, -0.2) is 0 Å². The summed E-state index contributed by atoms with van der Waals surface area (Å²) in [6.07, 6.45) is 1.35. The predicted octanol–water partition coefficient (Wildman–Crippen LogP) is 0.595. The Kier molecular flexibility index (Phi) is 6.94. The van der Waals surface area contributed by atoms with Crippen LogP contribution in [0.1, 0.15) is 40.0 Å². The lowest BCUT2D eigenvalue weighted by atomic mass is 10.0. The molecule has 0 saturated heterocycles. The van der Waals surface area contributed by atoms with E-state index in [0.29, 0.717) is 19.4 Å². The van der Waals surface area contributed by atoms with Gasteiger partial charge >= 0.3 is 0 Å². The third-order valence-corrected chi connectivity index (χ3v) is 4.26. The average Bonchev–Trinajstić information content (AvgIpc) is 2.58. The fraction of sp³-hybridized carbons (Fsp3) is 0.846. The first-order valence-corrected chi connectivity index (χ1v) is 7.75. The maximum Gasteiger partial charge on any atom is 0.236 e. The van der Waals surface area contributed by atoms with E-state index in [9.17, 15) is 14.7 Å². The van der Waals surface area contributed by atoms with Crippen LogP contribution in [0.3, 0.4) is 0 Å². The SMILES string of the molecule is CCCONCC(=O)NC1(C)CC(O)C(SC(C)=O)C1. The Hall–Kier alpha value is -0.630. The Bertz CT molecular complexity index is 353.